The molecule has 0 radical (unpaired) electrons. The Balaban J connectivity index is 2.18. The molecule has 0 saturated carbocycles. The Bertz CT molecular complexity index is 684. The molecule has 0 unspecified atom stereocenters. The Hall–Kier alpha value is -1.84. The highest BCUT2D eigenvalue weighted by Crippen LogP contribution is 2.19. The van der Waals surface area contributed by atoms with Crippen molar-refractivity contribution in [2.24, 2.45) is 5.92 Å². The van der Waals surface area contributed by atoms with Crippen LogP contribution < -0.4 is 4.72 Å². The molecule has 1 N–H and O–H groups in total. The van der Waals surface area contributed by atoms with Crippen molar-refractivity contribution >= 4 is 15.9 Å². The molecule has 1 fully saturated rings. The van der Waals surface area contributed by atoms with Gasteiger partial charge in [-0.3, -0.25) is 4.79 Å². The number of hydrogen-bond donors (Lipinski definition) is 1. The number of sulfonamides is 1. The summed E-state index contributed by atoms with van der Waals surface area (Å²) >= 11 is 0. The lowest BCUT2D eigenvalue weighted by atomic mass is 9.98. The Morgan fingerprint density at radius 3 is 2.73 bits per heavy atom. The predicted molar refractivity (Wildman–Crippen MR) is 84.8 cm³/mol. The van der Waals surface area contributed by atoms with Gasteiger partial charge < -0.3 is 4.90 Å². The lowest BCUT2D eigenvalue weighted by molar-refractivity contribution is 0.0697. The molecule has 1 saturated heterocycles. The molecule has 6 heteroatoms. The molecule has 1 aliphatic rings. The maximum Gasteiger partial charge on any atom is 0.253 e. The van der Waals surface area contributed by atoms with E-state index in [0.29, 0.717) is 24.6 Å². The highest BCUT2D eigenvalue weighted by molar-refractivity contribution is 7.89. The van der Waals surface area contributed by atoms with Crippen LogP contribution in [0.25, 0.3) is 0 Å². The van der Waals surface area contributed by atoms with Gasteiger partial charge in [0.1, 0.15) is 0 Å². The van der Waals surface area contributed by atoms with Crippen LogP contribution in [0.15, 0.2) is 29.2 Å². The first-order chi connectivity index (χ1) is 10.4. The highest BCUT2D eigenvalue weighted by atomic mass is 32.2. The molecule has 0 bridgehead atoms. The van der Waals surface area contributed by atoms with Gasteiger partial charge in [-0.15, -0.1) is 6.42 Å². The van der Waals surface area contributed by atoms with Crippen molar-refractivity contribution in [3.8, 4) is 12.3 Å². The number of piperidine rings is 1. The van der Waals surface area contributed by atoms with Crippen LogP contribution >= 0.6 is 0 Å². The number of benzene rings is 1. The van der Waals surface area contributed by atoms with E-state index in [1.165, 1.54) is 12.1 Å². The molecule has 0 atom stereocenters. The fraction of sp³-hybridized carbons (Fsp3) is 0.438. The minimum Gasteiger partial charge on any atom is -0.339 e. The molecule has 1 aromatic carbocycles. The minimum absolute atomic E-state index is 0.0546. The number of terminal acetylenes is 1. The monoisotopic (exact) mass is 320 g/mol. The summed E-state index contributed by atoms with van der Waals surface area (Å²) < 4.78 is 26.4. The summed E-state index contributed by atoms with van der Waals surface area (Å²) in [4.78, 5) is 14.3. The van der Waals surface area contributed by atoms with E-state index < -0.39 is 10.0 Å². The molecule has 5 nitrogen and oxygen atoms in total. The smallest absolute Gasteiger partial charge is 0.253 e. The van der Waals surface area contributed by atoms with Crippen molar-refractivity contribution in [2.75, 3.05) is 19.6 Å². The molecule has 0 spiro atoms. The van der Waals surface area contributed by atoms with Crippen LogP contribution in [0, 0.1) is 18.3 Å². The average Bonchev–Trinajstić information content (AvgIpc) is 2.53. The normalized spacial score (nSPS) is 16.3. The molecule has 1 heterocycles. The largest absolute Gasteiger partial charge is 0.339 e. The zero-order valence-corrected chi connectivity index (χ0v) is 13.4. The number of nitrogens with one attached hydrogen (secondary N) is 1. The zero-order chi connectivity index (χ0) is 16.2. The molecular formula is C16H20N2O3S. The van der Waals surface area contributed by atoms with E-state index in [4.69, 9.17) is 6.42 Å². The van der Waals surface area contributed by atoms with Gasteiger partial charge in [-0.25, -0.2) is 8.42 Å². The van der Waals surface area contributed by atoms with Crippen molar-refractivity contribution in [2.45, 2.75) is 24.7 Å². The van der Waals surface area contributed by atoms with Gasteiger partial charge in [0.2, 0.25) is 10.0 Å². The van der Waals surface area contributed by atoms with Gasteiger partial charge in [-0.2, -0.15) is 4.72 Å². The van der Waals surface area contributed by atoms with Gasteiger partial charge in [0.15, 0.2) is 0 Å². The maximum atomic E-state index is 12.5. The number of hydrogen-bond acceptors (Lipinski definition) is 3. The predicted octanol–water partition coefficient (Wildman–Crippen LogP) is 1.47. The van der Waals surface area contributed by atoms with Gasteiger partial charge >= 0.3 is 0 Å². The molecule has 1 aromatic rings. The van der Waals surface area contributed by atoms with Crippen LogP contribution in [-0.2, 0) is 10.0 Å². The van der Waals surface area contributed by atoms with Gasteiger partial charge in [0, 0.05) is 18.7 Å². The third kappa shape index (κ3) is 3.87. The van der Waals surface area contributed by atoms with Crippen molar-refractivity contribution in [3.05, 3.63) is 29.8 Å². The van der Waals surface area contributed by atoms with Crippen LogP contribution in [0.3, 0.4) is 0 Å². The van der Waals surface area contributed by atoms with Gasteiger partial charge in [-0.05, 0) is 37.0 Å². The Labute approximate surface area is 131 Å². The lowest BCUT2D eigenvalue weighted by Crippen LogP contribution is -2.38. The van der Waals surface area contributed by atoms with Gasteiger partial charge in [0.25, 0.3) is 5.91 Å². The van der Waals surface area contributed by atoms with Crippen LogP contribution in [-0.4, -0.2) is 38.9 Å². The van der Waals surface area contributed by atoms with Gasteiger partial charge in [0.05, 0.1) is 11.4 Å². The maximum absolute atomic E-state index is 12.5. The van der Waals surface area contributed by atoms with E-state index in [1.807, 2.05) is 0 Å². The Morgan fingerprint density at radius 1 is 1.41 bits per heavy atom. The van der Waals surface area contributed by atoms with Crippen molar-refractivity contribution in [1.29, 1.82) is 0 Å². The summed E-state index contributed by atoms with van der Waals surface area (Å²) in [5.41, 5.74) is 0.387. The first-order valence-corrected chi connectivity index (χ1v) is 8.75. The summed E-state index contributed by atoms with van der Waals surface area (Å²) in [6.07, 6.45) is 7.02. The standard InChI is InChI=1S/C16H20N2O3S/c1-3-9-17-22(20,21)15-6-4-5-14(12-15)16(19)18-10-7-13(2)8-11-18/h1,4-6,12-13,17H,7-11H2,2H3. The molecular weight excluding hydrogens is 300 g/mol. The van der Waals surface area contributed by atoms with E-state index in [2.05, 4.69) is 17.6 Å². The second-order valence-electron chi connectivity index (χ2n) is 5.53. The third-order valence-electron chi connectivity index (χ3n) is 3.83. The van der Waals surface area contributed by atoms with Crippen LogP contribution in [0.4, 0.5) is 0 Å². The number of nitrogens with zero attached hydrogens (tertiary/aromatic N) is 1. The van der Waals surface area contributed by atoms with E-state index in [-0.39, 0.29) is 17.3 Å². The summed E-state index contributed by atoms with van der Waals surface area (Å²) in [6, 6.07) is 6.07. The van der Waals surface area contributed by atoms with Crippen LogP contribution in [0.2, 0.25) is 0 Å². The minimum atomic E-state index is -3.68. The molecule has 1 amide bonds. The number of likely N-dealkylation sites (tertiary alicyclic amines) is 1. The van der Waals surface area contributed by atoms with Gasteiger partial charge in [-0.1, -0.05) is 18.9 Å². The average molecular weight is 320 g/mol. The molecule has 2 rings (SSSR count). The third-order valence-corrected chi connectivity index (χ3v) is 5.23. The second-order valence-corrected chi connectivity index (χ2v) is 7.30. The fourth-order valence-corrected chi connectivity index (χ4v) is 3.39. The van der Waals surface area contributed by atoms with Crippen molar-refractivity contribution in [3.63, 3.8) is 0 Å². The molecule has 0 aliphatic carbocycles. The number of rotatable bonds is 4. The van der Waals surface area contributed by atoms with Crippen molar-refractivity contribution < 1.29 is 13.2 Å². The summed E-state index contributed by atoms with van der Waals surface area (Å²) in [5.74, 6) is 2.73. The SMILES string of the molecule is C#CCNS(=O)(=O)c1cccc(C(=O)N2CCC(C)CC2)c1. The summed E-state index contributed by atoms with van der Waals surface area (Å²) in [6.45, 7) is 3.52. The van der Waals surface area contributed by atoms with Crippen LogP contribution in [0.1, 0.15) is 30.1 Å². The van der Waals surface area contributed by atoms with E-state index in [9.17, 15) is 13.2 Å². The molecule has 118 valence electrons. The second kappa shape index (κ2) is 6.95. The number of carbonyl (C=O) groups is 1. The summed E-state index contributed by atoms with van der Waals surface area (Å²) in [5, 5.41) is 0. The Morgan fingerprint density at radius 2 is 2.09 bits per heavy atom. The lowest BCUT2D eigenvalue weighted by Gasteiger charge is -2.30. The first-order valence-electron chi connectivity index (χ1n) is 7.26. The fourth-order valence-electron chi connectivity index (χ4n) is 2.41. The first kappa shape index (κ1) is 16.5. The molecule has 22 heavy (non-hydrogen) atoms. The highest BCUT2D eigenvalue weighted by Gasteiger charge is 2.22. The summed E-state index contributed by atoms with van der Waals surface area (Å²) in [7, 11) is -3.68. The van der Waals surface area contributed by atoms with Crippen molar-refractivity contribution in [1.82, 2.24) is 9.62 Å². The number of carbonyl (C=O) groups excluding carboxylic acids is 1. The Kier molecular flexibility index (Phi) is 5.22. The van der Waals surface area contributed by atoms with E-state index >= 15 is 0 Å². The molecule has 0 aromatic heterocycles. The quantitative estimate of drug-likeness (QED) is 0.854. The van der Waals surface area contributed by atoms with Crippen LogP contribution in [0.5, 0.6) is 0 Å². The number of amides is 1. The zero-order valence-electron chi connectivity index (χ0n) is 12.6. The van der Waals surface area contributed by atoms with E-state index in [0.717, 1.165) is 12.8 Å². The molecule has 1 aliphatic heterocycles. The van der Waals surface area contributed by atoms with E-state index in [1.54, 1.807) is 17.0 Å². The topological polar surface area (TPSA) is 66.5 Å².